The number of benzene rings is 1. The first-order chi connectivity index (χ1) is 10.7. The standard InChI is InChI=1S/C17H19N3O2/c1-2-3-10-19-17(22)14-6-4-5-7-15(14)20-16(21)13-8-11-18-12-9-13/h4-9,11-12H,2-3,10H2,1H3,(H,19,22)(H,20,21). The van der Waals surface area contributed by atoms with Crippen LogP contribution in [0.5, 0.6) is 0 Å². The lowest BCUT2D eigenvalue weighted by molar-refractivity contribution is 0.0954. The van der Waals surface area contributed by atoms with Gasteiger partial charge in [0.2, 0.25) is 0 Å². The fraction of sp³-hybridized carbons (Fsp3) is 0.235. The van der Waals surface area contributed by atoms with Gasteiger partial charge in [-0.25, -0.2) is 0 Å². The van der Waals surface area contributed by atoms with Crippen LogP contribution in [0.1, 0.15) is 40.5 Å². The van der Waals surface area contributed by atoms with E-state index in [2.05, 4.69) is 22.5 Å². The lowest BCUT2D eigenvalue weighted by atomic mass is 10.1. The van der Waals surface area contributed by atoms with E-state index in [0.29, 0.717) is 23.4 Å². The molecule has 0 atom stereocenters. The van der Waals surface area contributed by atoms with E-state index in [-0.39, 0.29) is 11.8 Å². The van der Waals surface area contributed by atoms with Crippen molar-refractivity contribution in [1.29, 1.82) is 0 Å². The number of anilines is 1. The summed E-state index contributed by atoms with van der Waals surface area (Å²) >= 11 is 0. The van der Waals surface area contributed by atoms with Crippen LogP contribution in [0.2, 0.25) is 0 Å². The molecule has 0 fully saturated rings. The zero-order valence-corrected chi connectivity index (χ0v) is 12.5. The van der Waals surface area contributed by atoms with Gasteiger partial charge in [-0.3, -0.25) is 14.6 Å². The normalized spacial score (nSPS) is 10.0. The molecule has 2 N–H and O–H groups in total. The quantitative estimate of drug-likeness (QED) is 0.805. The van der Waals surface area contributed by atoms with Gasteiger partial charge in [0.25, 0.3) is 11.8 Å². The molecule has 22 heavy (non-hydrogen) atoms. The molecule has 1 aromatic heterocycles. The predicted octanol–water partition coefficient (Wildman–Crippen LogP) is 2.86. The van der Waals surface area contributed by atoms with Gasteiger partial charge in [0, 0.05) is 24.5 Å². The number of hydrogen-bond donors (Lipinski definition) is 2. The van der Waals surface area contributed by atoms with Crippen LogP contribution >= 0.6 is 0 Å². The van der Waals surface area contributed by atoms with Crippen molar-refractivity contribution in [3.8, 4) is 0 Å². The Morgan fingerprint density at radius 2 is 1.77 bits per heavy atom. The summed E-state index contributed by atoms with van der Waals surface area (Å²) in [7, 11) is 0. The highest BCUT2D eigenvalue weighted by molar-refractivity contribution is 6.08. The number of para-hydroxylation sites is 1. The fourth-order valence-electron chi connectivity index (χ4n) is 1.96. The van der Waals surface area contributed by atoms with Gasteiger partial charge in [-0.05, 0) is 30.7 Å². The van der Waals surface area contributed by atoms with Crippen LogP contribution in [0, 0.1) is 0 Å². The first-order valence-corrected chi connectivity index (χ1v) is 7.31. The number of unbranched alkanes of at least 4 members (excludes halogenated alkanes) is 1. The number of rotatable bonds is 6. The predicted molar refractivity (Wildman–Crippen MR) is 85.9 cm³/mol. The minimum Gasteiger partial charge on any atom is -0.352 e. The van der Waals surface area contributed by atoms with Crippen LogP contribution in [0.25, 0.3) is 0 Å². The molecule has 2 rings (SSSR count). The molecule has 5 heteroatoms. The fourth-order valence-corrected chi connectivity index (χ4v) is 1.96. The smallest absolute Gasteiger partial charge is 0.255 e. The van der Waals surface area contributed by atoms with Crippen LogP contribution in [-0.2, 0) is 0 Å². The average molecular weight is 297 g/mol. The molecule has 1 heterocycles. The maximum Gasteiger partial charge on any atom is 0.255 e. The highest BCUT2D eigenvalue weighted by Gasteiger charge is 2.13. The van der Waals surface area contributed by atoms with Crippen LogP contribution in [0.3, 0.4) is 0 Å². The summed E-state index contributed by atoms with van der Waals surface area (Å²) in [6, 6.07) is 10.2. The molecule has 0 saturated carbocycles. The first kappa shape index (κ1) is 15.7. The molecule has 5 nitrogen and oxygen atoms in total. The highest BCUT2D eigenvalue weighted by atomic mass is 16.2. The van der Waals surface area contributed by atoms with Gasteiger partial charge in [0.05, 0.1) is 11.3 Å². The Morgan fingerprint density at radius 1 is 1.05 bits per heavy atom. The second-order valence-electron chi connectivity index (χ2n) is 4.85. The number of carbonyl (C=O) groups excluding carboxylic acids is 2. The Bertz CT molecular complexity index is 641. The monoisotopic (exact) mass is 297 g/mol. The van der Waals surface area contributed by atoms with Crippen molar-refractivity contribution < 1.29 is 9.59 Å². The van der Waals surface area contributed by atoms with Crippen molar-refractivity contribution in [1.82, 2.24) is 10.3 Å². The molecular formula is C17H19N3O2. The molecule has 0 bridgehead atoms. The number of carbonyl (C=O) groups is 2. The van der Waals surface area contributed by atoms with E-state index in [4.69, 9.17) is 0 Å². The number of aromatic nitrogens is 1. The van der Waals surface area contributed by atoms with E-state index >= 15 is 0 Å². The lowest BCUT2D eigenvalue weighted by Gasteiger charge is -2.11. The zero-order valence-electron chi connectivity index (χ0n) is 12.5. The molecule has 0 aliphatic heterocycles. The first-order valence-electron chi connectivity index (χ1n) is 7.31. The number of nitrogens with one attached hydrogen (secondary N) is 2. The van der Waals surface area contributed by atoms with Crippen LogP contribution in [-0.4, -0.2) is 23.3 Å². The second kappa shape index (κ2) is 7.93. The van der Waals surface area contributed by atoms with Crippen LogP contribution < -0.4 is 10.6 Å². The van der Waals surface area contributed by atoms with E-state index in [1.54, 1.807) is 48.8 Å². The topological polar surface area (TPSA) is 71.1 Å². The summed E-state index contributed by atoms with van der Waals surface area (Å²) in [5.41, 5.74) is 1.45. The van der Waals surface area contributed by atoms with Gasteiger partial charge >= 0.3 is 0 Å². The molecule has 2 amide bonds. The van der Waals surface area contributed by atoms with Crippen molar-refractivity contribution in [2.45, 2.75) is 19.8 Å². The van der Waals surface area contributed by atoms with E-state index < -0.39 is 0 Å². The third kappa shape index (κ3) is 4.15. The van der Waals surface area contributed by atoms with Crippen molar-refractivity contribution in [3.05, 3.63) is 59.9 Å². The molecule has 114 valence electrons. The van der Waals surface area contributed by atoms with Crippen molar-refractivity contribution in [3.63, 3.8) is 0 Å². The van der Waals surface area contributed by atoms with Gasteiger partial charge in [-0.1, -0.05) is 25.5 Å². The Kier molecular flexibility index (Phi) is 5.65. The van der Waals surface area contributed by atoms with Crippen molar-refractivity contribution in [2.24, 2.45) is 0 Å². The van der Waals surface area contributed by atoms with Gasteiger partial charge in [-0.15, -0.1) is 0 Å². The zero-order chi connectivity index (χ0) is 15.8. The molecule has 1 aromatic carbocycles. The third-order valence-corrected chi connectivity index (χ3v) is 3.18. The third-order valence-electron chi connectivity index (χ3n) is 3.18. The Hall–Kier alpha value is -2.69. The number of hydrogen-bond acceptors (Lipinski definition) is 3. The highest BCUT2D eigenvalue weighted by Crippen LogP contribution is 2.16. The number of amides is 2. The Labute approximate surface area is 129 Å². The second-order valence-corrected chi connectivity index (χ2v) is 4.85. The molecular weight excluding hydrogens is 278 g/mol. The Balaban J connectivity index is 2.11. The van der Waals surface area contributed by atoms with Gasteiger partial charge in [0.15, 0.2) is 0 Å². The van der Waals surface area contributed by atoms with Crippen LogP contribution in [0.4, 0.5) is 5.69 Å². The SMILES string of the molecule is CCCCNC(=O)c1ccccc1NC(=O)c1ccncc1. The largest absolute Gasteiger partial charge is 0.352 e. The number of nitrogens with zero attached hydrogens (tertiary/aromatic N) is 1. The van der Waals surface area contributed by atoms with Crippen molar-refractivity contribution >= 4 is 17.5 Å². The van der Waals surface area contributed by atoms with Gasteiger partial charge in [-0.2, -0.15) is 0 Å². The maximum absolute atomic E-state index is 12.2. The van der Waals surface area contributed by atoms with Crippen molar-refractivity contribution in [2.75, 3.05) is 11.9 Å². The molecule has 0 spiro atoms. The summed E-state index contributed by atoms with van der Waals surface area (Å²) in [5, 5.41) is 5.62. The maximum atomic E-state index is 12.2. The van der Waals surface area contributed by atoms with Gasteiger partial charge in [0.1, 0.15) is 0 Å². The minimum atomic E-state index is -0.267. The summed E-state index contributed by atoms with van der Waals surface area (Å²) in [4.78, 5) is 28.2. The Morgan fingerprint density at radius 3 is 2.50 bits per heavy atom. The molecule has 0 radical (unpaired) electrons. The summed E-state index contributed by atoms with van der Waals surface area (Å²) < 4.78 is 0. The van der Waals surface area contributed by atoms with Crippen LogP contribution in [0.15, 0.2) is 48.8 Å². The van der Waals surface area contributed by atoms with E-state index in [9.17, 15) is 9.59 Å². The number of pyridine rings is 1. The summed E-state index contributed by atoms with van der Waals surface area (Å²) in [5.74, 6) is -0.449. The minimum absolute atomic E-state index is 0.181. The van der Waals surface area contributed by atoms with Gasteiger partial charge < -0.3 is 10.6 Å². The van der Waals surface area contributed by atoms with E-state index in [0.717, 1.165) is 12.8 Å². The molecule has 0 aliphatic rings. The lowest BCUT2D eigenvalue weighted by Crippen LogP contribution is -2.26. The summed E-state index contributed by atoms with van der Waals surface area (Å²) in [6.07, 6.45) is 5.05. The van der Waals surface area contributed by atoms with E-state index in [1.807, 2.05) is 0 Å². The van der Waals surface area contributed by atoms with E-state index in [1.165, 1.54) is 0 Å². The average Bonchev–Trinajstić information content (AvgIpc) is 2.56. The molecule has 0 unspecified atom stereocenters. The molecule has 2 aromatic rings. The summed E-state index contributed by atoms with van der Waals surface area (Å²) in [6.45, 7) is 2.69. The molecule has 0 saturated heterocycles. The molecule has 0 aliphatic carbocycles.